The molecule has 118 valence electrons. The molecule has 3 aliphatic heterocycles. The molecule has 1 atom stereocenters. The maximum atomic E-state index is 12.3. The number of hydrogen-bond donors (Lipinski definition) is 2. The van der Waals surface area contributed by atoms with Crippen LogP contribution in [0.15, 0.2) is 22.7 Å². The van der Waals surface area contributed by atoms with Crippen LogP contribution in [0.3, 0.4) is 0 Å². The van der Waals surface area contributed by atoms with Gasteiger partial charge >= 0.3 is 0 Å². The third-order valence-corrected chi connectivity index (χ3v) is 5.42. The second-order valence-corrected chi connectivity index (χ2v) is 7.53. The summed E-state index contributed by atoms with van der Waals surface area (Å²) in [5.74, 6) is 0.361. The van der Waals surface area contributed by atoms with Crippen molar-refractivity contribution in [3.05, 3.63) is 33.3 Å². The first-order valence-corrected chi connectivity index (χ1v) is 8.90. The Bertz CT molecular complexity index is 604. The highest BCUT2D eigenvalue weighted by Crippen LogP contribution is 2.27. The summed E-state index contributed by atoms with van der Waals surface area (Å²) in [7, 11) is 0. The average molecular weight is 403 g/mol. The number of carbonyl (C=O) groups excluding carboxylic acids is 1. The van der Waals surface area contributed by atoms with E-state index in [4.69, 9.17) is 23.8 Å². The highest BCUT2D eigenvalue weighted by atomic mass is 79.9. The molecule has 4 rings (SSSR count). The van der Waals surface area contributed by atoms with Crippen molar-refractivity contribution in [1.29, 1.82) is 0 Å². The number of thiocarbonyl (C=S) groups is 1. The highest BCUT2D eigenvalue weighted by molar-refractivity contribution is 9.10. The van der Waals surface area contributed by atoms with Crippen LogP contribution in [0.25, 0.3) is 0 Å². The Morgan fingerprint density at radius 3 is 2.73 bits per heavy atom. The number of nitrogens with one attached hydrogen (secondary N) is 2. The summed E-state index contributed by atoms with van der Waals surface area (Å²) in [5.41, 5.74) is 0.411. The summed E-state index contributed by atoms with van der Waals surface area (Å²) in [6.45, 7) is 3.35. The van der Waals surface area contributed by atoms with Crippen LogP contribution in [0, 0.1) is 5.92 Å². The molecule has 0 aromatic heterocycles. The van der Waals surface area contributed by atoms with Gasteiger partial charge < -0.3 is 10.2 Å². The van der Waals surface area contributed by atoms with E-state index >= 15 is 0 Å². The van der Waals surface area contributed by atoms with Crippen molar-refractivity contribution in [3.63, 3.8) is 0 Å². The quantitative estimate of drug-likeness (QED) is 0.747. The SMILES string of the molecule is O=C(NC(=S)NC1CN2CCC1CC2)c1cc(Br)ccc1Cl. The molecule has 2 bridgehead atoms. The predicted molar refractivity (Wildman–Crippen MR) is 95.3 cm³/mol. The van der Waals surface area contributed by atoms with Crippen molar-refractivity contribution in [1.82, 2.24) is 15.5 Å². The molecule has 3 saturated heterocycles. The number of nitrogens with zero attached hydrogens (tertiary/aromatic N) is 1. The lowest BCUT2D eigenvalue weighted by atomic mass is 9.84. The van der Waals surface area contributed by atoms with E-state index in [0.717, 1.165) is 11.0 Å². The Hall–Kier alpha value is -0.690. The smallest absolute Gasteiger partial charge is 0.258 e. The summed E-state index contributed by atoms with van der Waals surface area (Å²) < 4.78 is 0.804. The number of halogens is 2. The summed E-state index contributed by atoms with van der Waals surface area (Å²) >= 11 is 14.7. The van der Waals surface area contributed by atoms with Crippen LogP contribution in [0.2, 0.25) is 5.02 Å². The number of rotatable bonds is 2. The Labute approximate surface area is 148 Å². The molecule has 0 radical (unpaired) electrons. The number of hydrogen-bond acceptors (Lipinski definition) is 3. The van der Waals surface area contributed by atoms with Gasteiger partial charge in [0.25, 0.3) is 5.91 Å². The summed E-state index contributed by atoms with van der Waals surface area (Å²) in [6.07, 6.45) is 2.40. The third-order valence-electron chi connectivity index (χ3n) is 4.37. The van der Waals surface area contributed by atoms with Gasteiger partial charge in [-0.25, -0.2) is 0 Å². The van der Waals surface area contributed by atoms with E-state index in [1.54, 1.807) is 18.2 Å². The normalized spacial score (nSPS) is 26.5. The van der Waals surface area contributed by atoms with E-state index in [2.05, 4.69) is 31.5 Å². The molecule has 3 fully saturated rings. The Morgan fingerprint density at radius 2 is 2.09 bits per heavy atom. The highest BCUT2D eigenvalue weighted by Gasteiger charge is 2.34. The van der Waals surface area contributed by atoms with E-state index in [9.17, 15) is 4.79 Å². The number of amides is 1. The molecule has 2 N–H and O–H groups in total. The lowest BCUT2D eigenvalue weighted by molar-refractivity contribution is 0.0807. The van der Waals surface area contributed by atoms with E-state index < -0.39 is 0 Å². The van der Waals surface area contributed by atoms with Gasteiger partial charge in [-0.2, -0.15) is 0 Å². The molecule has 1 amide bonds. The van der Waals surface area contributed by atoms with Gasteiger partial charge in [0.15, 0.2) is 5.11 Å². The number of benzene rings is 1. The number of piperidine rings is 3. The molecular weight excluding hydrogens is 386 g/mol. The largest absolute Gasteiger partial charge is 0.358 e. The van der Waals surface area contributed by atoms with Gasteiger partial charge in [-0.1, -0.05) is 27.5 Å². The average Bonchev–Trinajstić information content (AvgIpc) is 2.50. The molecular formula is C15H17BrClN3OS. The fourth-order valence-corrected chi connectivity index (χ4v) is 3.98. The second-order valence-electron chi connectivity index (χ2n) is 5.80. The molecule has 0 saturated carbocycles. The van der Waals surface area contributed by atoms with Gasteiger partial charge in [0.2, 0.25) is 0 Å². The Morgan fingerprint density at radius 1 is 1.36 bits per heavy atom. The molecule has 0 aliphatic carbocycles. The number of fused-ring (bicyclic) bond motifs is 3. The molecule has 3 heterocycles. The van der Waals surface area contributed by atoms with Crippen LogP contribution in [0.5, 0.6) is 0 Å². The molecule has 7 heteroatoms. The van der Waals surface area contributed by atoms with E-state index in [1.807, 2.05) is 0 Å². The van der Waals surface area contributed by atoms with Gasteiger partial charge in [0.05, 0.1) is 10.6 Å². The van der Waals surface area contributed by atoms with Crippen LogP contribution >= 0.6 is 39.7 Å². The first kappa shape index (κ1) is 16.2. The first-order chi connectivity index (χ1) is 10.5. The zero-order valence-electron chi connectivity index (χ0n) is 11.9. The zero-order valence-corrected chi connectivity index (χ0v) is 15.1. The van der Waals surface area contributed by atoms with E-state index in [0.29, 0.717) is 27.7 Å². The topological polar surface area (TPSA) is 44.4 Å². The van der Waals surface area contributed by atoms with Crippen molar-refractivity contribution in [2.45, 2.75) is 18.9 Å². The minimum atomic E-state index is -0.287. The standard InChI is InChI=1S/C15H17BrClN3OS/c16-10-1-2-12(17)11(7-10)14(21)19-15(22)18-13-8-20-5-3-9(13)4-6-20/h1-2,7,9,13H,3-6,8H2,(H2,18,19,21,22). The number of carbonyl (C=O) groups is 1. The lowest BCUT2D eigenvalue weighted by Gasteiger charge is -2.45. The molecule has 1 unspecified atom stereocenters. The summed E-state index contributed by atoms with van der Waals surface area (Å²) in [5, 5.41) is 6.80. The predicted octanol–water partition coefficient (Wildman–Crippen LogP) is 2.80. The van der Waals surface area contributed by atoms with Gasteiger partial charge in [-0.05, 0) is 62.3 Å². The fraction of sp³-hybridized carbons (Fsp3) is 0.467. The minimum Gasteiger partial charge on any atom is -0.358 e. The van der Waals surface area contributed by atoms with Crippen molar-refractivity contribution in [3.8, 4) is 0 Å². The van der Waals surface area contributed by atoms with Gasteiger partial charge in [0, 0.05) is 17.1 Å². The molecule has 1 aromatic carbocycles. The lowest BCUT2D eigenvalue weighted by Crippen LogP contribution is -2.59. The zero-order chi connectivity index (χ0) is 15.7. The summed E-state index contributed by atoms with van der Waals surface area (Å²) in [4.78, 5) is 14.7. The van der Waals surface area contributed by atoms with Gasteiger partial charge in [-0.3, -0.25) is 10.1 Å². The first-order valence-electron chi connectivity index (χ1n) is 7.32. The van der Waals surface area contributed by atoms with Crippen molar-refractivity contribution >= 4 is 50.8 Å². The van der Waals surface area contributed by atoms with Gasteiger partial charge in [0.1, 0.15) is 0 Å². The maximum Gasteiger partial charge on any atom is 0.258 e. The Balaban J connectivity index is 1.59. The molecule has 0 spiro atoms. The monoisotopic (exact) mass is 401 g/mol. The maximum absolute atomic E-state index is 12.3. The van der Waals surface area contributed by atoms with Crippen molar-refractivity contribution < 1.29 is 4.79 Å². The van der Waals surface area contributed by atoms with E-state index in [1.165, 1.54) is 25.9 Å². The Kier molecular flexibility index (Phi) is 5.02. The minimum absolute atomic E-state index is 0.287. The third kappa shape index (κ3) is 3.62. The van der Waals surface area contributed by atoms with E-state index in [-0.39, 0.29) is 5.91 Å². The second kappa shape index (κ2) is 6.83. The van der Waals surface area contributed by atoms with Crippen molar-refractivity contribution in [2.24, 2.45) is 5.92 Å². The molecule has 3 aliphatic rings. The van der Waals surface area contributed by atoms with Crippen molar-refractivity contribution in [2.75, 3.05) is 19.6 Å². The fourth-order valence-electron chi connectivity index (χ4n) is 3.18. The molecule has 22 heavy (non-hydrogen) atoms. The van der Waals surface area contributed by atoms with Crippen LogP contribution in [0.1, 0.15) is 23.2 Å². The van der Waals surface area contributed by atoms with Crippen LogP contribution < -0.4 is 10.6 Å². The van der Waals surface area contributed by atoms with Crippen LogP contribution in [-0.4, -0.2) is 41.6 Å². The summed E-state index contributed by atoms with van der Waals surface area (Å²) in [6, 6.07) is 5.50. The van der Waals surface area contributed by atoms with Crippen LogP contribution in [-0.2, 0) is 0 Å². The van der Waals surface area contributed by atoms with Gasteiger partial charge in [-0.15, -0.1) is 0 Å². The van der Waals surface area contributed by atoms with Crippen LogP contribution in [0.4, 0.5) is 0 Å². The molecule has 4 nitrogen and oxygen atoms in total. The molecule has 1 aromatic rings.